The number of carbonyl (C=O) groups excluding carboxylic acids is 2. The molecule has 1 aromatic heterocycles. The van der Waals surface area contributed by atoms with Gasteiger partial charge >= 0.3 is 0 Å². The first-order chi connectivity index (χ1) is 13.1. The van der Waals surface area contributed by atoms with Crippen molar-refractivity contribution >= 4 is 39.1 Å². The average Bonchev–Trinajstić information content (AvgIpc) is 3.26. The van der Waals surface area contributed by atoms with Crippen molar-refractivity contribution in [2.75, 3.05) is 11.4 Å². The Hall–Kier alpha value is -2.93. The molecule has 2 aromatic carbocycles. The number of thiazole rings is 1. The molecule has 0 saturated carbocycles. The summed E-state index contributed by atoms with van der Waals surface area (Å²) >= 11 is 1.52. The van der Waals surface area contributed by atoms with Gasteiger partial charge in [-0.3, -0.25) is 9.59 Å². The van der Waals surface area contributed by atoms with Crippen molar-refractivity contribution in [3.05, 3.63) is 58.4 Å². The van der Waals surface area contributed by atoms with Gasteiger partial charge in [0, 0.05) is 31.3 Å². The summed E-state index contributed by atoms with van der Waals surface area (Å²) in [5.74, 6) is -0.145. The number of anilines is 1. The van der Waals surface area contributed by atoms with Gasteiger partial charge in [0.05, 0.1) is 10.2 Å². The molecule has 4 rings (SSSR count). The molecule has 27 heavy (non-hydrogen) atoms. The number of hydrogen-bond donors (Lipinski definition) is 1. The second-order valence-corrected chi connectivity index (χ2v) is 7.47. The van der Waals surface area contributed by atoms with Crippen LogP contribution >= 0.6 is 11.3 Å². The highest BCUT2D eigenvalue weighted by atomic mass is 32.1. The van der Waals surface area contributed by atoms with Crippen LogP contribution in [0.1, 0.15) is 29.3 Å². The number of nitrogens with zero attached hydrogens (tertiary/aromatic N) is 3. The third-order valence-electron chi connectivity index (χ3n) is 4.81. The molecular weight excluding hydrogens is 360 g/mol. The fourth-order valence-corrected chi connectivity index (χ4v) is 4.32. The van der Waals surface area contributed by atoms with E-state index in [1.54, 1.807) is 11.0 Å². The Balaban J connectivity index is 1.57. The van der Waals surface area contributed by atoms with Crippen LogP contribution in [0, 0.1) is 0 Å². The van der Waals surface area contributed by atoms with E-state index in [1.165, 1.54) is 11.3 Å². The van der Waals surface area contributed by atoms with Crippen LogP contribution in [0.25, 0.3) is 10.2 Å². The molecule has 0 saturated heterocycles. The van der Waals surface area contributed by atoms with Crippen molar-refractivity contribution in [3.8, 4) is 0 Å². The van der Waals surface area contributed by atoms with Crippen molar-refractivity contribution in [2.45, 2.75) is 19.8 Å². The number of carbonyl (C=O) groups is 2. The van der Waals surface area contributed by atoms with E-state index in [1.807, 2.05) is 54.9 Å². The number of hydrogen-bond acceptors (Lipinski definition) is 4. The first-order valence-electron chi connectivity index (χ1n) is 8.90. The van der Waals surface area contributed by atoms with Crippen LogP contribution in [-0.2, 0) is 18.3 Å². The minimum absolute atomic E-state index is 0.109. The zero-order valence-electron chi connectivity index (χ0n) is 15.2. The fourth-order valence-electron chi connectivity index (χ4n) is 3.34. The number of para-hydroxylation sites is 1. The van der Waals surface area contributed by atoms with Crippen LogP contribution in [-0.4, -0.2) is 22.9 Å². The van der Waals surface area contributed by atoms with Gasteiger partial charge in [-0.1, -0.05) is 30.4 Å². The van der Waals surface area contributed by atoms with Gasteiger partial charge in [0.25, 0.3) is 5.91 Å². The molecule has 1 aliphatic heterocycles. The number of fused-ring (bicyclic) bond motifs is 2. The van der Waals surface area contributed by atoms with Crippen molar-refractivity contribution in [3.63, 3.8) is 0 Å². The molecule has 1 aliphatic rings. The molecule has 0 aliphatic carbocycles. The van der Waals surface area contributed by atoms with Crippen LogP contribution in [0.15, 0.2) is 47.6 Å². The Morgan fingerprint density at radius 2 is 2.04 bits per heavy atom. The lowest BCUT2D eigenvalue weighted by molar-refractivity contribution is -0.118. The van der Waals surface area contributed by atoms with E-state index in [-0.39, 0.29) is 11.8 Å². The van der Waals surface area contributed by atoms with E-state index >= 15 is 0 Å². The summed E-state index contributed by atoms with van der Waals surface area (Å²) in [4.78, 5) is 27.0. The lowest BCUT2D eigenvalue weighted by Crippen LogP contribution is -2.27. The predicted molar refractivity (Wildman–Crippen MR) is 107 cm³/mol. The summed E-state index contributed by atoms with van der Waals surface area (Å²) in [5, 5.41) is 4.29. The molecule has 6 nitrogen and oxygen atoms in total. The number of rotatable bonds is 3. The maximum Gasteiger partial charge on any atom is 0.271 e. The minimum Gasteiger partial charge on any atom is -0.318 e. The van der Waals surface area contributed by atoms with Gasteiger partial charge in [-0.25, -0.2) is 5.43 Å². The Morgan fingerprint density at radius 3 is 2.81 bits per heavy atom. The minimum atomic E-state index is -0.254. The highest BCUT2D eigenvalue weighted by Crippen LogP contribution is 2.29. The molecule has 0 atom stereocenters. The Kier molecular flexibility index (Phi) is 4.53. The molecule has 0 fully saturated rings. The fraction of sp³-hybridized carbons (Fsp3) is 0.250. The number of aromatic nitrogens is 1. The van der Waals surface area contributed by atoms with E-state index in [0.29, 0.717) is 18.5 Å². The first kappa shape index (κ1) is 17.5. The molecule has 0 bridgehead atoms. The summed E-state index contributed by atoms with van der Waals surface area (Å²) in [7, 11) is 1.93. The molecule has 2 amide bonds. The number of benzene rings is 2. The lowest BCUT2D eigenvalue weighted by atomic mass is 10.1. The van der Waals surface area contributed by atoms with Crippen molar-refractivity contribution in [2.24, 2.45) is 12.1 Å². The van der Waals surface area contributed by atoms with Crippen molar-refractivity contribution in [1.82, 2.24) is 9.99 Å². The summed E-state index contributed by atoms with van der Waals surface area (Å²) in [6, 6.07) is 13.5. The lowest BCUT2D eigenvalue weighted by Gasteiger charge is -2.16. The monoisotopic (exact) mass is 380 g/mol. The third-order valence-corrected chi connectivity index (χ3v) is 5.92. The molecule has 0 unspecified atom stereocenters. The quantitative estimate of drug-likeness (QED) is 0.710. The molecular formula is C20H20N4O2S. The van der Waals surface area contributed by atoms with Gasteiger partial charge in [0.2, 0.25) is 10.7 Å². The topological polar surface area (TPSA) is 66.7 Å². The smallest absolute Gasteiger partial charge is 0.271 e. The van der Waals surface area contributed by atoms with Crippen LogP contribution in [0.3, 0.4) is 0 Å². The molecule has 3 aromatic rings. The maximum absolute atomic E-state index is 12.5. The summed E-state index contributed by atoms with van der Waals surface area (Å²) < 4.78 is 3.07. The van der Waals surface area contributed by atoms with Crippen LogP contribution in [0.5, 0.6) is 0 Å². The number of nitrogens with one attached hydrogen (secondary N) is 1. The first-order valence-corrected chi connectivity index (χ1v) is 9.72. The van der Waals surface area contributed by atoms with Crippen molar-refractivity contribution < 1.29 is 9.59 Å². The average molecular weight is 380 g/mol. The molecule has 7 heteroatoms. The van der Waals surface area contributed by atoms with Gasteiger partial charge in [-0.15, -0.1) is 5.10 Å². The van der Waals surface area contributed by atoms with Gasteiger partial charge in [-0.05, 0) is 42.3 Å². The summed E-state index contributed by atoms with van der Waals surface area (Å²) in [6.07, 6.45) is 1.25. The van der Waals surface area contributed by atoms with E-state index in [4.69, 9.17) is 0 Å². The third kappa shape index (κ3) is 3.14. The van der Waals surface area contributed by atoms with Gasteiger partial charge in [0.1, 0.15) is 0 Å². The normalized spacial score (nSPS) is 13.9. The Morgan fingerprint density at radius 1 is 1.22 bits per heavy atom. The van der Waals surface area contributed by atoms with E-state index in [0.717, 1.165) is 32.7 Å². The Labute approximate surface area is 160 Å². The van der Waals surface area contributed by atoms with Gasteiger partial charge in [0.15, 0.2) is 0 Å². The SMILES string of the molecule is CCC(=O)N1CCc2cc(C(=O)N/N=c3\sc4ccccc4n3C)ccc21. The second-order valence-electron chi connectivity index (χ2n) is 6.46. The molecule has 2 heterocycles. The van der Waals surface area contributed by atoms with Crippen LogP contribution < -0.4 is 15.1 Å². The standard InChI is InChI=1S/C20H20N4O2S/c1-3-18(25)24-11-10-13-12-14(8-9-15(13)24)19(26)21-22-20-23(2)16-6-4-5-7-17(16)27-20/h4-9,12H,3,10-11H2,1-2H3,(H,21,26)/b22-20-. The van der Waals surface area contributed by atoms with Crippen LogP contribution in [0.4, 0.5) is 5.69 Å². The maximum atomic E-state index is 12.5. The highest BCUT2D eigenvalue weighted by molar-refractivity contribution is 7.16. The van der Waals surface area contributed by atoms with Gasteiger partial charge in [-0.2, -0.15) is 0 Å². The zero-order chi connectivity index (χ0) is 19.0. The second kappa shape index (κ2) is 7.00. The highest BCUT2D eigenvalue weighted by Gasteiger charge is 2.24. The molecule has 1 N–H and O–H groups in total. The number of aryl methyl sites for hydroxylation is 1. The van der Waals surface area contributed by atoms with Gasteiger partial charge < -0.3 is 9.47 Å². The molecule has 0 radical (unpaired) electrons. The molecule has 0 spiro atoms. The molecule has 138 valence electrons. The predicted octanol–water partition coefficient (Wildman–Crippen LogP) is 2.78. The summed E-state index contributed by atoms with van der Waals surface area (Å²) in [6.45, 7) is 2.53. The van der Waals surface area contributed by atoms with E-state index < -0.39 is 0 Å². The van der Waals surface area contributed by atoms with Crippen molar-refractivity contribution in [1.29, 1.82) is 0 Å². The van der Waals surface area contributed by atoms with E-state index in [9.17, 15) is 9.59 Å². The summed E-state index contributed by atoms with van der Waals surface area (Å²) in [5.41, 5.74) is 6.21. The zero-order valence-corrected chi connectivity index (χ0v) is 16.0. The van der Waals surface area contributed by atoms with E-state index in [2.05, 4.69) is 10.5 Å². The van der Waals surface area contributed by atoms with Crippen LogP contribution in [0.2, 0.25) is 0 Å². The largest absolute Gasteiger partial charge is 0.318 e. The Bertz CT molecular complexity index is 1110. The number of amides is 2.